The van der Waals surface area contributed by atoms with Gasteiger partial charge in [-0.15, -0.1) is 0 Å². The molecule has 8 nitrogen and oxygen atoms in total. The standard InChI is InChI=1S/C16H28N4O4S/c1-11-9-20(10-12(2)24-11)25(22,23)7-6-17-16(21)8-15-13(3)18-19(5)14(15)4/h11-12H,6-10H2,1-5H3,(H,17,21)/t11-,12-/m1/s1. The zero-order chi connectivity index (χ0) is 18.8. The molecular formula is C16H28N4O4S. The normalized spacial score (nSPS) is 22.1. The maximum atomic E-state index is 12.4. The molecule has 9 heteroatoms. The number of carbonyl (C=O) groups excluding carboxylic acids is 1. The minimum Gasteiger partial charge on any atom is -0.373 e. The number of sulfonamides is 1. The fourth-order valence-corrected chi connectivity index (χ4v) is 4.60. The van der Waals surface area contributed by atoms with Gasteiger partial charge >= 0.3 is 0 Å². The Morgan fingerprint density at radius 2 is 1.88 bits per heavy atom. The fourth-order valence-electron chi connectivity index (χ4n) is 3.10. The van der Waals surface area contributed by atoms with Gasteiger partial charge in [0, 0.05) is 37.9 Å². The van der Waals surface area contributed by atoms with Gasteiger partial charge < -0.3 is 10.1 Å². The van der Waals surface area contributed by atoms with Crippen molar-refractivity contribution < 1.29 is 17.9 Å². The summed E-state index contributed by atoms with van der Waals surface area (Å²) >= 11 is 0. The van der Waals surface area contributed by atoms with Gasteiger partial charge in [-0.3, -0.25) is 9.48 Å². The third-order valence-corrected chi connectivity index (χ3v) is 6.26. The van der Waals surface area contributed by atoms with E-state index >= 15 is 0 Å². The van der Waals surface area contributed by atoms with Crippen LogP contribution in [0, 0.1) is 13.8 Å². The summed E-state index contributed by atoms with van der Waals surface area (Å²) in [5.74, 6) is -0.304. The van der Waals surface area contributed by atoms with Crippen molar-refractivity contribution >= 4 is 15.9 Å². The average Bonchev–Trinajstić information content (AvgIpc) is 2.72. The van der Waals surface area contributed by atoms with Crippen LogP contribution in [-0.4, -0.2) is 66.0 Å². The summed E-state index contributed by atoms with van der Waals surface area (Å²) in [6, 6.07) is 0. The van der Waals surface area contributed by atoms with Crippen LogP contribution in [0.25, 0.3) is 0 Å². The maximum absolute atomic E-state index is 12.4. The van der Waals surface area contributed by atoms with E-state index in [4.69, 9.17) is 4.74 Å². The van der Waals surface area contributed by atoms with Crippen LogP contribution in [0.5, 0.6) is 0 Å². The second-order valence-corrected chi connectivity index (χ2v) is 8.78. The van der Waals surface area contributed by atoms with E-state index in [0.717, 1.165) is 17.0 Å². The molecule has 2 heterocycles. The number of morpholine rings is 1. The summed E-state index contributed by atoms with van der Waals surface area (Å²) in [6.07, 6.45) is -0.0359. The van der Waals surface area contributed by atoms with Crippen molar-refractivity contribution in [3.05, 3.63) is 17.0 Å². The SMILES string of the molecule is Cc1nn(C)c(C)c1CC(=O)NCCS(=O)(=O)N1C[C@@H](C)O[C@H](C)C1. The molecule has 1 fully saturated rings. The molecule has 0 aromatic carbocycles. The number of nitrogens with one attached hydrogen (secondary N) is 1. The smallest absolute Gasteiger partial charge is 0.224 e. The molecule has 1 aromatic rings. The zero-order valence-electron chi connectivity index (χ0n) is 15.6. The highest BCUT2D eigenvalue weighted by Crippen LogP contribution is 2.15. The third kappa shape index (κ3) is 5.02. The molecule has 2 rings (SSSR count). The lowest BCUT2D eigenvalue weighted by Crippen LogP contribution is -2.49. The lowest BCUT2D eigenvalue weighted by molar-refractivity contribution is -0.120. The topological polar surface area (TPSA) is 93.5 Å². The molecule has 1 saturated heterocycles. The summed E-state index contributed by atoms with van der Waals surface area (Å²) < 4.78 is 33.6. The molecule has 0 radical (unpaired) electrons. The first-order valence-electron chi connectivity index (χ1n) is 8.49. The van der Waals surface area contributed by atoms with Gasteiger partial charge in [0.2, 0.25) is 15.9 Å². The van der Waals surface area contributed by atoms with Gasteiger partial charge in [-0.1, -0.05) is 0 Å². The van der Waals surface area contributed by atoms with Crippen molar-refractivity contribution in [1.29, 1.82) is 0 Å². The zero-order valence-corrected chi connectivity index (χ0v) is 16.4. The van der Waals surface area contributed by atoms with Crippen molar-refractivity contribution in [3.63, 3.8) is 0 Å². The Balaban J connectivity index is 1.86. The van der Waals surface area contributed by atoms with E-state index in [1.807, 2.05) is 34.7 Å². The molecule has 1 N–H and O–H groups in total. The molecule has 2 atom stereocenters. The molecule has 1 aliphatic rings. The number of hydrogen-bond donors (Lipinski definition) is 1. The van der Waals surface area contributed by atoms with E-state index in [2.05, 4.69) is 10.4 Å². The first-order valence-corrected chi connectivity index (χ1v) is 10.1. The van der Waals surface area contributed by atoms with Gasteiger partial charge in [0.1, 0.15) is 0 Å². The summed E-state index contributed by atoms with van der Waals surface area (Å²) in [5.41, 5.74) is 2.65. The van der Waals surface area contributed by atoms with Crippen molar-refractivity contribution in [3.8, 4) is 0 Å². The van der Waals surface area contributed by atoms with Crippen molar-refractivity contribution in [2.45, 2.75) is 46.3 Å². The Morgan fingerprint density at radius 3 is 2.40 bits per heavy atom. The van der Waals surface area contributed by atoms with Crippen LogP contribution in [0.2, 0.25) is 0 Å². The summed E-state index contributed by atoms with van der Waals surface area (Å²) in [5, 5.41) is 6.98. The van der Waals surface area contributed by atoms with E-state index in [-0.39, 0.29) is 36.8 Å². The number of rotatable bonds is 6. The van der Waals surface area contributed by atoms with Crippen molar-refractivity contribution in [2.75, 3.05) is 25.4 Å². The van der Waals surface area contributed by atoms with Crippen molar-refractivity contribution in [1.82, 2.24) is 19.4 Å². The average molecular weight is 372 g/mol. The molecular weight excluding hydrogens is 344 g/mol. The largest absolute Gasteiger partial charge is 0.373 e. The molecule has 1 aliphatic heterocycles. The quantitative estimate of drug-likeness (QED) is 0.766. The Kier molecular flexibility index (Phi) is 6.23. The predicted octanol–water partition coefficient (Wildman–Crippen LogP) is 0.135. The van der Waals surface area contributed by atoms with Gasteiger partial charge in [0.05, 0.1) is 30.1 Å². The molecule has 0 unspecified atom stereocenters. The van der Waals surface area contributed by atoms with E-state index in [1.54, 1.807) is 4.68 Å². The van der Waals surface area contributed by atoms with Crippen molar-refractivity contribution in [2.24, 2.45) is 7.05 Å². The van der Waals surface area contributed by atoms with Crippen LogP contribution in [0.1, 0.15) is 30.8 Å². The molecule has 0 bridgehead atoms. The van der Waals surface area contributed by atoms with Crippen LogP contribution in [-0.2, 0) is 33.0 Å². The van der Waals surface area contributed by atoms with Gasteiger partial charge in [-0.05, 0) is 27.7 Å². The molecule has 25 heavy (non-hydrogen) atoms. The summed E-state index contributed by atoms with van der Waals surface area (Å²) in [7, 11) is -1.57. The first kappa shape index (κ1) is 19.9. The second-order valence-electron chi connectivity index (χ2n) is 6.69. The van der Waals surface area contributed by atoms with Crippen LogP contribution in [0.3, 0.4) is 0 Å². The first-order chi connectivity index (χ1) is 11.6. The molecule has 142 valence electrons. The maximum Gasteiger partial charge on any atom is 0.224 e. The van der Waals surface area contributed by atoms with E-state index in [9.17, 15) is 13.2 Å². The molecule has 0 spiro atoms. The predicted molar refractivity (Wildman–Crippen MR) is 94.8 cm³/mol. The third-order valence-electron chi connectivity index (χ3n) is 4.46. The van der Waals surface area contributed by atoms with Crippen LogP contribution < -0.4 is 5.32 Å². The molecule has 0 aliphatic carbocycles. The lowest BCUT2D eigenvalue weighted by atomic mass is 10.1. The van der Waals surface area contributed by atoms with Crippen LogP contribution in [0.15, 0.2) is 0 Å². The molecule has 0 saturated carbocycles. The molecule has 1 aromatic heterocycles. The minimum absolute atomic E-state index is 0.0969. The van der Waals surface area contributed by atoms with E-state index < -0.39 is 10.0 Å². The highest BCUT2D eigenvalue weighted by atomic mass is 32.2. The van der Waals surface area contributed by atoms with Crippen LogP contribution >= 0.6 is 0 Å². The monoisotopic (exact) mass is 372 g/mol. The second kappa shape index (κ2) is 7.84. The van der Waals surface area contributed by atoms with E-state index in [1.165, 1.54) is 4.31 Å². The Hall–Kier alpha value is -1.45. The van der Waals surface area contributed by atoms with E-state index in [0.29, 0.717) is 13.1 Å². The molecule has 1 amide bonds. The number of aromatic nitrogens is 2. The summed E-state index contributed by atoms with van der Waals surface area (Å²) in [4.78, 5) is 12.1. The number of carbonyl (C=O) groups is 1. The Labute approximate surface area is 149 Å². The van der Waals surface area contributed by atoms with Crippen LogP contribution in [0.4, 0.5) is 0 Å². The Morgan fingerprint density at radius 1 is 1.28 bits per heavy atom. The van der Waals surface area contributed by atoms with Gasteiger partial charge in [0.25, 0.3) is 0 Å². The Bertz CT molecular complexity index is 719. The van der Waals surface area contributed by atoms with Gasteiger partial charge in [-0.2, -0.15) is 9.40 Å². The highest BCUT2D eigenvalue weighted by Gasteiger charge is 2.30. The number of nitrogens with zero attached hydrogens (tertiary/aromatic N) is 3. The highest BCUT2D eigenvalue weighted by molar-refractivity contribution is 7.89. The number of aryl methyl sites for hydroxylation is 2. The number of amides is 1. The lowest BCUT2D eigenvalue weighted by Gasteiger charge is -2.34. The number of ether oxygens (including phenoxy) is 1. The minimum atomic E-state index is -3.41. The van der Waals surface area contributed by atoms with Gasteiger partial charge in [0.15, 0.2) is 0 Å². The summed E-state index contributed by atoms with van der Waals surface area (Å²) in [6.45, 7) is 8.30. The fraction of sp³-hybridized carbons (Fsp3) is 0.750. The van der Waals surface area contributed by atoms with Gasteiger partial charge in [-0.25, -0.2) is 8.42 Å². The number of hydrogen-bond acceptors (Lipinski definition) is 5.